The smallest absolute Gasteiger partial charge is 0.258 e. The molecule has 4 rings (SSSR count). The lowest BCUT2D eigenvalue weighted by Gasteiger charge is -2.30. The SMILES string of the molecule is Cc1ccc2c(c1)CCCN2C(=O)c1ccc(N2CCCC2=O)cc1. The first kappa shape index (κ1) is 15.9. The number of aryl methyl sites for hydroxylation is 2. The predicted molar refractivity (Wildman–Crippen MR) is 99.2 cm³/mol. The first-order valence-electron chi connectivity index (χ1n) is 8.95. The van der Waals surface area contributed by atoms with E-state index in [9.17, 15) is 9.59 Å². The summed E-state index contributed by atoms with van der Waals surface area (Å²) in [6.07, 6.45) is 3.54. The van der Waals surface area contributed by atoms with E-state index in [-0.39, 0.29) is 11.8 Å². The van der Waals surface area contributed by atoms with Gasteiger partial charge in [0.05, 0.1) is 0 Å². The minimum Gasteiger partial charge on any atom is -0.312 e. The van der Waals surface area contributed by atoms with E-state index in [4.69, 9.17) is 0 Å². The Balaban J connectivity index is 1.59. The van der Waals surface area contributed by atoms with Gasteiger partial charge in [0.2, 0.25) is 5.91 Å². The maximum atomic E-state index is 13.0. The summed E-state index contributed by atoms with van der Waals surface area (Å²) in [4.78, 5) is 28.5. The summed E-state index contributed by atoms with van der Waals surface area (Å²) in [6, 6.07) is 13.7. The molecule has 1 fully saturated rings. The Morgan fingerprint density at radius 2 is 1.72 bits per heavy atom. The second-order valence-corrected chi connectivity index (χ2v) is 6.89. The topological polar surface area (TPSA) is 40.6 Å². The van der Waals surface area contributed by atoms with Crippen LogP contribution < -0.4 is 9.80 Å². The summed E-state index contributed by atoms with van der Waals surface area (Å²) in [5.74, 6) is 0.198. The Kier molecular flexibility index (Phi) is 4.04. The van der Waals surface area contributed by atoms with Gasteiger partial charge in [0, 0.05) is 36.4 Å². The fourth-order valence-electron chi connectivity index (χ4n) is 3.80. The molecule has 2 aliphatic rings. The average molecular weight is 334 g/mol. The summed E-state index contributed by atoms with van der Waals surface area (Å²) < 4.78 is 0. The minimum atomic E-state index is 0.0316. The number of carbonyl (C=O) groups excluding carboxylic acids is 2. The molecule has 0 saturated carbocycles. The molecule has 0 atom stereocenters. The summed E-state index contributed by atoms with van der Waals surface area (Å²) in [6.45, 7) is 3.60. The van der Waals surface area contributed by atoms with Gasteiger partial charge < -0.3 is 9.80 Å². The number of hydrogen-bond acceptors (Lipinski definition) is 2. The van der Waals surface area contributed by atoms with Crippen molar-refractivity contribution in [1.29, 1.82) is 0 Å². The lowest BCUT2D eigenvalue weighted by atomic mass is 9.99. The molecule has 128 valence electrons. The summed E-state index contributed by atoms with van der Waals surface area (Å²) >= 11 is 0. The van der Waals surface area contributed by atoms with Crippen LogP contribution in [0.15, 0.2) is 42.5 Å². The van der Waals surface area contributed by atoms with E-state index in [0.717, 1.165) is 43.7 Å². The molecule has 0 aliphatic carbocycles. The quantitative estimate of drug-likeness (QED) is 0.840. The van der Waals surface area contributed by atoms with E-state index in [0.29, 0.717) is 12.0 Å². The molecule has 0 radical (unpaired) electrons. The fraction of sp³-hybridized carbons (Fsp3) is 0.333. The van der Waals surface area contributed by atoms with E-state index in [1.54, 1.807) is 4.90 Å². The largest absolute Gasteiger partial charge is 0.312 e. The second-order valence-electron chi connectivity index (χ2n) is 6.89. The van der Waals surface area contributed by atoms with Crippen molar-refractivity contribution in [2.24, 2.45) is 0 Å². The van der Waals surface area contributed by atoms with Crippen molar-refractivity contribution in [2.45, 2.75) is 32.6 Å². The second kappa shape index (κ2) is 6.36. The van der Waals surface area contributed by atoms with Gasteiger partial charge in [-0.25, -0.2) is 0 Å². The Morgan fingerprint density at radius 3 is 2.44 bits per heavy atom. The van der Waals surface area contributed by atoms with Gasteiger partial charge in [0.1, 0.15) is 0 Å². The van der Waals surface area contributed by atoms with Crippen molar-refractivity contribution in [3.63, 3.8) is 0 Å². The molecule has 2 aromatic carbocycles. The number of rotatable bonds is 2. The number of amides is 2. The molecule has 2 amide bonds. The Bertz CT molecular complexity index is 826. The summed E-state index contributed by atoms with van der Waals surface area (Å²) in [5.41, 5.74) is 5.06. The van der Waals surface area contributed by atoms with E-state index >= 15 is 0 Å². The number of anilines is 2. The van der Waals surface area contributed by atoms with Gasteiger partial charge in [0.15, 0.2) is 0 Å². The van der Waals surface area contributed by atoms with Crippen LogP contribution >= 0.6 is 0 Å². The lowest BCUT2D eigenvalue weighted by Crippen LogP contribution is -2.35. The molecule has 4 heteroatoms. The first-order valence-corrected chi connectivity index (χ1v) is 8.95. The standard InChI is InChI=1S/C21H22N2O2/c1-15-6-11-19-17(14-15)4-2-13-23(19)21(25)16-7-9-18(10-8-16)22-12-3-5-20(22)24/h6-11,14H,2-5,12-13H2,1H3. The van der Waals surface area contributed by atoms with Crippen LogP contribution in [-0.2, 0) is 11.2 Å². The Labute approximate surface area is 148 Å². The van der Waals surface area contributed by atoms with Crippen molar-refractivity contribution in [3.8, 4) is 0 Å². The first-order chi connectivity index (χ1) is 12.1. The average Bonchev–Trinajstić information content (AvgIpc) is 3.06. The number of nitrogens with zero attached hydrogens (tertiary/aromatic N) is 2. The van der Waals surface area contributed by atoms with Crippen LogP contribution in [0.25, 0.3) is 0 Å². The van der Waals surface area contributed by atoms with Crippen molar-refractivity contribution < 1.29 is 9.59 Å². The fourth-order valence-corrected chi connectivity index (χ4v) is 3.80. The van der Waals surface area contributed by atoms with Gasteiger partial charge in [-0.3, -0.25) is 9.59 Å². The normalized spacial score (nSPS) is 16.9. The van der Waals surface area contributed by atoms with Gasteiger partial charge in [-0.05, 0) is 62.1 Å². The van der Waals surface area contributed by atoms with Gasteiger partial charge >= 0.3 is 0 Å². The van der Waals surface area contributed by atoms with Crippen LogP contribution in [-0.4, -0.2) is 24.9 Å². The van der Waals surface area contributed by atoms with E-state index in [1.807, 2.05) is 29.2 Å². The van der Waals surface area contributed by atoms with Crippen LogP contribution in [0.1, 0.15) is 40.7 Å². The molecule has 25 heavy (non-hydrogen) atoms. The molecule has 0 unspecified atom stereocenters. The van der Waals surface area contributed by atoms with E-state index in [2.05, 4.69) is 25.1 Å². The van der Waals surface area contributed by atoms with Gasteiger partial charge in [-0.15, -0.1) is 0 Å². The van der Waals surface area contributed by atoms with E-state index < -0.39 is 0 Å². The molecule has 2 aliphatic heterocycles. The maximum Gasteiger partial charge on any atom is 0.258 e. The number of fused-ring (bicyclic) bond motifs is 1. The zero-order valence-electron chi connectivity index (χ0n) is 14.5. The molecule has 2 heterocycles. The molecule has 0 aromatic heterocycles. The monoisotopic (exact) mass is 334 g/mol. The van der Waals surface area contributed by atoms with Crippen LogP contribution in [0, 0.1) is 6.92 Å². The summed E-state index contributed by atoms with van der Waals surface area (Å²) in [5, 5.41) is 0. The van der Waals surface area contributed by atoms with Crippen LogP contribution in [0.4, 0.5) is 11.4 Å². The predicted octanol–water partition coefficient (Wildman–Crippen LogP) is 3.71. The third-order valence-corrected chi connectivity index (χ3v) is 5.10. The highest BCUT2D eigenvalue weighted by Crippen LogP contribution is 2.30. The molecular weight excluding hydrogens is 312 g/mol. The van der Waals surface area contributed by atoms with Crippen molar-refractivity contribution >= 4 is 23.2 Å². The molecular formula is C21H22N2O2. The molecule has 0 spiro atoms. The highest BCUT2D eigenvalue weighted by Gasteiger charge is 2.25. The van der Waals surface area contributed by atoms with Crippen molar-refractivity contribution in [1.82, 2.24) is 0 Å². The molecule has 0 N–H and O–H groups in total. The molecule has 1 saturated heterocycles. The van der Waals surface area contributed by atoms with Gasteiger partial charge in [0.25, 0.3) is 5.91 Å². The molecule has 4 nitrogen and oxygen atoms in total. The lowest BCUT2D eigenvalue weighted by molar-refractivity contribution is -0.117. The third kappa shape index (κ3) is 2.93. The zero-order valence-corrected chi connectivity index (χ0v) is 14.5. The Morgan fingerprint density at radius 1 is 0.960 bits per heavy atom. The van der Waals surface area contributed by atoms with Gasteiger partial charge in [-0.2, -0.15) is 0 Å². The zero-order chi connectivity index (χ0) is 17.4. The number of carbonyl (C=O) groups is 2. The highest BCUT2D eigenvalue weighted by atomic mass is 16.2. The van der Waals surface area contributed by atoms with E-state index in [1.165, 1.54) is 11.1 Å². The van der Waals surface area contributed by atoms with Crippen LogP contribution in [0.2, 0.25) is 0 Å². The Hall–Kier alpha value is -2.62. The number of hydrogen-bond donors (Lipinski definition) is 0. The highest BCUT2D eigenvalue weighted by molar-refractivity contribution is 6.07. The van der Waals surface area contributed by atoms with Crippen LogP contribution in [0.3, 0.4) is 0 Å². The third-order valence-electron chi connectivity index (χ3n) is 5.10. The van der Waals surface area contributed by atoms with Crippen molar-refractivity contribution in [3.05, 3.63) is 59.2 Å². The van der Waals surface area contributed by atoms with Crippen molar-refractivity contribution in [2.75, 3.05) is 22.9 Å². The van der Waals surface area contributed by atoms with Crippen LogP contribution in [0.5, 0.6) is 0 Å². The molecule has 0 bridgehead atoms. The van der Waals surface area contributed by atoms with Gasteiger partial charge in [-0.1, -0.05) is 17.7 Å². The summed E-state index contributed by atoms with van der Waals surface area (Å²) in [7, 11) is 0. The maximum absolute atomic E-state index is 13.0. The molecule has 2 aromatic rings. The minimum absolute atomic E-state index is 0.0316. The number of benzene rings is 2.